The molecule has 0 spiro atoms. The SMILES string of the molecule is CC(NCCc1cc(-c2cccc(C(F)(F)F)c2)c2ccccc2c1)c1cccc(Cl)c1. The summed E-state index contributed by atoms with van der Waals surface area (Å²) in [6.45, 7) is 2.81. The van der Waals surface area contributed by atoms with Gasteiger partial charge in [-0.1, -0.05) is 72.3 Å². The summed E-state index contributed by atoms with van der Waals surface area (Å²) < 4.78 is 39.8. The molecule has 0 saturated heterocycles. The molecule has 4 rings (SSSR count). The second-order valence-corrected chi connectivity index (χ2v) is 8.36. The van der Waals surface area contributed by atoms with Crippen molar-refractivity contribution in [3.63, 3.8) is 0 Å². The number of rotatable bonds is 6. The fraction of sp³-hybridized carbons (Fsp3) is 0.185. The minimum Gasteiger partial charge on any atom is -0.310 e. The zero-order valence-electron chi connectivity index (χ0n) is 17.6. The molecule has 0 heterocycles. The van der Waals surface area contributed by atoms with Gasteiger partial charge in [0.25, 0.3) is 0 Å². The van der Waals surface area contributed by atoms with Crippen LogP contribution in [0.5, 0.6) is 0 Å². The molecule has 32 heavy (non-hydrogen) atoms. The number of nitrogens with one attached hydrogen (secondary N) is 1. The summed E-state index contributed by atoms with van der Waals surface area (Å²) in [5, 5.41) is 6.16. The van der Waals surface area contributed by atoms with Gasteiger partial charge in [0.05, 0.1) is 5.56 Å². The third-order valence-corrected chi connectivity index (χ3v) is 5.87. The summed E-state index contributed by atoms with van der Waals surface area (Å²) in [5.41, 5.74) is 2.93. The molecule has 1 N–H and O–H groups in total. The molecule has 0 aromatic heterocycles. The number of benzene rings is 4. The monoisotopic (exact) mass is 453 g/mol. The first-order valence-corrected chi connectivity index (χ1v) is 10.9. The van der Waals surface area contributed by atoms with E-state index in [1.165, 1.54) is 12.1 Å². The van der Waals surface area contributed by atoms with Crippen molar-refractivity contribution in [2.45, 2.75) is 25.6 Å². The second kappa shape index (κ2) is 9.35. The van der Waals surface area contributed by atoms with E-state index in [1.807, 2.05) is 54.6 Å². The number of halogens is 4. The first-order valence-electron chi connectivity index (χ1n) is 10.5. The highest BCUT2D eigenvalue weighted by atomic mass is 35.5. The van der Waals surface area contributed by atoms with Crippen LogP contribution >= 0.6 is 11.6 Å². The third-order valence-electron chi connectivity index (χ3n) is 5.64. The molecule has 0 aliphatic rings. The Morgan fingerprint density at radius 1 is 0.875 bits per heavy atom. The van der Waals surface area contributed by atoms with E-state index < -0.39 is 11.7 Å². The quantitative estimate of drug-likeness (QED) is 0.311. The van der Waals surface area contributed by atoms with Gasteiger partial charge in [0, 0.05) is 11.1 Å². The zero-order valence-corrected chi connectivity index (χ0v) is 18.3. The van der Waals surface area contributed by atoms with Gasteiger partial charge < -0.3 is 5.32 Å². The van der Waals surface area contributed by atoms with Crippen LogP contribution in [0.25, 0.3) is 21.9 Å². The lowest BCUT2D eigenvalue weighted by Crippen LogP contribution is -2.21. The molecule has 1 nitrogen and oxygen atoms in total. The number of hydrogen-bond acceptors (Lipinski definition) is 1. The summed E-state index contributed by atoms with van der Waals surface area (Å²) in [5.74, 6) is 0. The van der Waals surface area contributed by atoms with Gasteiger partial charge in [0.15, 0.2) is 0 Å². The van der Waals surface area contributed by atoms with Gasteiger partial charge >= 0.3 is 6.18 Å². The van der Waals surface area contributed by atoms with Crippen molar-refractivity contribution in [3.05, 3.63) is 107 Å². The Bertz CT molecular complexity index is 1230. The molecule has 1 atom stereocenters. The van der Waals surface area contributed by atoms with Gasteiger partial charge in [-0.2, -0.15) is 13.2 Å². The predicted molar refractivity (Wildman–Crippen MR) is 126 cm³/mol. The molecule has 5 heteroatoms. The molecule has 0 amide bonds. The van der Waals surface area contributed by atoms with E-state index in [-0.39, 0.29) is 6.04 Å². The van der Waals surface area contributed by atoms with Crippen molar-refractivity contribution in [2.75, 3.05) is 6.54 Å². The number of alkyl halides is 3. The van der Waals surface area contributed by atoms with Gasteiger partial charge in [0.1, 0.15) is 0 Å². The Morgan fingerprint density at radius 2 is 1.66 bits per heavy atom. The average Bonchev–Trinajstić information content (AvgIpc) is 2.78. The lowest BCUT2D eigenvalue weighted by molar-refractivity contribution is -0.137. The lowest BCUT2D eigenvalue weighted by Gasteiger charge is -2.16. The first kappa shape index (κ1) is 22.4. The predicted octanol–water partition coefficient (Wildman–Crippen LogP) is 8.07. The normalized spacial score (nSPS) is 12.8. The van der Waals surface area contributed by atoms with Crippen molar-refractivity contribution >= 4 is 22.4 Å². The van der Waals surface area contributed by atoms with Crippen LogP contribution in [0.15, 0.2) is 84.9 Å². The molecule has 0 bridgehead atoms. The zero-order chi connectivity index (χ0) is 22.7. The topological polar surface area (TPSA) is 12.0 Å². The molecule has 0 radical (unpaired) electrons. The minimum absolute atomic E-state index is 0.136. The van der Waals surface area contributed by atoms with Crippen molar-refractivity contribution in [3.8, 4) is 11.1 Å². The molecule has 0 aliphatic heterocycles. The van der Waals surface area contributed by atoms with Crippen molar-refractivity contribution in [2.24, 2.45) is 0 Å². The maximum absolute atomic E-state index is 13.3. The molecule has 164 valence electrons. The molecule has 0 aliphatic carbocycles. The van der Waals surface area contributed by atoms with Gasteiger partial charge in [-0.3, -0.25) is 0 Å². The van der Waals surface area contributed by atoms with Crippen LogP contribution in [0.2, 0.25) is 5.02 Å². The third kappa shape index (κ3) is 5.14. The van der Waals surface area contributed by atoms with E-state index in [2.05, 4.69) is 18.3 Å². The summed E-state index contributed by atoms with van der Waals surface area (Å²) >= 11 is 6.09. The van der Waals surface area contributed by atoms with E-state index in [0.717, 1.165) is 46.5 Å². The highest BCUT2D eigenvalue weighted by molar-refractivity contribution is 6.30. The Hall–Kier alpha value is -2.82. The van der Waals surface area contributed by atoms with E-state index >= 15 is 0 Å². The van der Waals surface area contributed by atoms with E-state index in [0.29, 0.717) is 10.6 Å². The standard InChI is InChI=1S/C27H23ClF3N/c1-18(20-7-5-10-24(28)17-20)32-13-12-19-14-21-6-2-3-11-25(21)26(15-19)22-8-4-9-23(16-22)27(29,30)31/h2-11,14-18,32H,12-13H2,1H3. The van der Waals surface area contributed by atoms with Crippen molar-refractivity contribution in [1.29, 1.82) is 0 Å². The smallest absolute Gasteiger partial charge is 0.310 e. The van der Waals surface area contributed by atoms with Crippen LogP contribution in [0.4, 0.5) is 13.2 Å². The van der Waals surface area contributed by atoms with Gasteiger partial charge in [-0.05, 0) is 77.2 Å². The first-order chi connectivity index (χ1) is 15.3. The molecule has 4 aromatic carbocycles. The molecular formula is C27H23ClF3N. The number of hydrogen-bond donors (Lipinski definition) is 1. The van der Waals surface area contributed by atoms with Crippen LogP contribution in [0.3, 0.4) is 0 Å². The van der Waals surface area contributed by atoms with Crippen LogP contribution in [-0.2, 0) is 12.6 Å². The van der Waals surface area contributed by atoms with E-state index in [9.17, 15) is 13.2 Å². The Balaban J connectivity index is 1.60. The molecule has 4 aromatic rings. The summed E-state index contributed by atoms with van der Waals surface area (Å²) in [6.07, 6.45) is -3.62. The summed E-state index contributed by atoms with van der Waals surface area (Å²) in [7, 11) is 0. The fourth-order valence-corrected chi connectivity index (χ4v) is 4.14. The Kier molecular flexibility index (Phi) is 6.54. The molecular weight excluding hydrogens is 431 g/mol. The summed E-state index contributed by atoms with van der Waals surface area (Å²) in [4.78, 5) is 0. The van der Waals surface area contributed by atoms with Crippen LogP contribution < -0.4 is 5.32 Å². The lowest BCUT2D eigenvalue weighted by atomic mass is 9.93. The van der Waals surface area contributed by atoms with E-state index in [1.54, 1.807) is 6.07 Å². The molecule has 0 fully saturated rings. The maximum Gasteiger partial charge on any atom is 0.416 e. The highest BCUT2D eigenvalue weighted by Gasteiger charge is 2.30. The van der Waals surface area contributed by atoms with Crippen LogP contribution in [-0.4, -0.2) is 6.54 Å². The summed E-state index contributed by atoms with van der Waals surface area (Å²) in [6, 6.07) is 25.4. The van der Waals surface area contributed by atoms with Gasteiger partial charge in [-0.15, -0.1) is 0 Å². The van der Waals surface area contributed by atoms with E-state index in [4.69, 9.17) is 11.6 Å². The number of fused-ring (bicyclic) bond motifs is 1. The van der Waals surface area contributed by atoms with Gasteiger partial charge in [0.2, 0.25) is 0 Å². The highest BCUT2D eigenvalue weighted by Crippen LogP contribution is 2.35. The second-order valence-electron chi connectivity index (χ2n) is 7.92. The largest absolute Gasteiger partial charge is 0.416 e. The van der Waals surface area contributed by atoms with Crippen LogP contribution in [0, 0.1) is 0 Å². The Morgan fingerprint density at radius 3 is 2.44 bits per heavy atom. The average molecular weight is 454 g/mol. The minimum atomic E-state index is -4.37. The maximum atomic E-state index is 13.3. The Labute approximate surface area is 190 Å². The molecule has 1 unspecified atom stereocenters. The van der Waals surface area contributed by atoms with Crippen molar-refractivity contribution < 1.29 is 13.2 Å². The van der Waals surface area contributed by atoms with Crippen molar-refractivity contribution in [1.82, 2.24) is 5.32 Å². The van der Waals surface area contributed by atoms with Gasteiger partial charge in [-0.25, -0.2) is 0 Å². The fourth-order valence-electron chi connectivity index (χ4n) is 3.95. The van der Waals surface area contributed by atoms with Crippen LogP contribution in [0.1, 0.15) is 29.7 Å². The molecule has 0 saturated carbocycles.